The molecule has 1 amide bonds. The first kappa shape index (κ1) is 20.9. The van der Waals surface area contributed by atoms with Gasteiger partial charge in [0.15, 0.2) is 5.82 Å². The number of amides is 1. The minimum atomic E-state index is -4.00. The van der Waals surface area contributed by atoms with Gasteiger partial charge in [0, 0.05) is 25.6 Å². The lowest BCUT2D eigenvalue weighted by Crippen LogP contribution is -2.44. The van der Waals surface area contributed by atoms with Crippen LogP contribution in [-0.2, 0) is 15.6 Å². The van der Waals surface area contributed by atoms with E-state index in [2.05, 4.69) is 15.5 Å². The van der Waals surface area contributed by atoms with Crippen molar-refractivity contribution in [2.24, 2.45) is 0 Å². The Labute approximate surface area is 174 Å². The van der Waals surface area contributed by atoms with Gasteiger partial charge < -0.3 is 9.84 Å². The van der Waals surface area contributed by atoms with Crippen LogP contribution in [0.25, 0.3) is 0 Å². The van der Waals surface area contributed by atoms with Crippen LogP contribution in [0.1, 0.15) is 67.0 Å². The first-order chi connectivity index (χ1) is 14.3. The standard InChI is InChI=1S/C20H25FN4O4S/c1-14-22-19(24-29-14)20(9-3-4-10-20)23-18(26)15-7-8-16(21)17(13-15)30(27,28)25-11-5-2-6-12-25/h7-8,13H,2-6,9-12H2,1H3,(H,23,26). The van der Waals surface area contributed by atoms with Crippen LogP contribution in [-0.4, -0.2) is 41.9 Å². The molecule has 0 radical (unpaired) electrons. The van der Waals surface area contributed by atoms with Crippen molar-refractivity contribution in [2.45, 2.75) is 62.3 Å². The Hall–Kier alpha value is -2.33. The van der Waals surface area contributed by atoms with Gasteiger partial charge in [-0.3, -0.25) is 4.79 Å². The number of hydrogen-bond donors (Lipinski definition) is 1. The number of aryl methyl sites for hydroxylation is 1. The zero-order chi connectivity index (χ0) is 21.4. The zero-order valence-electron chi connectivity index (χ0n) is 16.9. The molecule has 1 N–H and O–H groups in total. The molecule has 2 fully saturated rings. The minimum absolute atomic E-state index is 0.0819. The Morgan fingerprint density at radius 3 is 2.50 bits per heavy atom. The SMILES string of the molecule is Cc1nc(C2(NC(=O)c3ccc(F)c(S(=O)(=O)N4CCCCC4)c3)CCCC2)no1. The number of carbonyl (C=O) groups is 1. The molecule has 1 aliphatic carbocycles. The van der Waals surface area contributed by atoms with Gasteiger partial charge in [-0.2, -0.15) is 9.29 Å². The van der Waals surface area contributed by atoms with Crippen molar-refractivity contribution in [3.8, 4) is 0 Å². The average molecular weight is 437 g/mol. The first-order valence-electron chi connectivity index (χ1n) is 10.2. The third kappa shape index (κ3) is 3.85. The number of benzene rings is 1. The quantitative estimate of drug-likeness (QED) is 0.773. The predicted molar refractivity (Wildman–Crippen MR) is 106 cm³/mol. The van der Waals surface area contributed by atoms with Crippen LogP contribution in [0.2, 0.25) is 0 Å². The number of sulfonamides is 1. The maximum atomic E-state index is 14.5. The molecule has 0 spiro atoms. The molecule has 1 aromatic carbocycles. The van der Waals surface area contributed by atoms with Gasteiger partial charge in [-0.15, -0.1) is 0 Å². The van der Waals surface area contributed by atoms with Crippen molar-refractivity contribution in [1.29, 1.82) is 0 Å². The van der Waals surface area contributed by atoms with Crippen molar-refractivity contribution < 1.29 is 22.1 Å². The lowest BCUT2D eigenvalue weighted by molar-refractivity contribution is 0.0891. The molecule has 0 unspecified atom stereocenters. The summed E-state index contributed by atoms with van der Waals surface area (Å²) in [6.45, 7) is 2.40. The molecule has 8 nitrogen and oxygen atoms in total. The molecule has 1 saturated carbocycles. The second-order valence-corrected chi connectivity index (χ2v) is 9.90. The predicted octanol–water partition coefficient (Wildman–Crippen LogP) is 2.89. The number of aromatic nitrogens is 2. The van der Waals surface area contributed by atoms with Gasteiger partial charge in [0.25, 0.3) is 5.91 Å². The minimum Gasteiger partial charge on any atom is -0.340 e. The maximum Gasteiger partial charge on any atom is 0.252 e. The summed E-state index contributed by atoms with van der Waals surface area (Å²) in [5.41, 5.74) is -0.687. The highest BCUT2D eigenvalue weighted by Gasteiger charge is 2.41. The van der Waals surface area contributed by atoms with Crippen molar-refractivity contribution in [3.63, 3.8) is 0 Å². The lowest BCUT2D eigenvalue weighted by atomic mass is 9.96. The average Bonchev–Trinajstić information content (AvgIpc) is 3.39. The van der Waals surface area contributed by atoms with Gasteiger partial charge in [-0.05, 0) is 43.9 Å². The molecule has 4 rings (SSSR count). The summed E-state index contributed by atoms with van der Waals surface area (Å²) < 4.78 is 46.7. The second kappa shape index (κ2) is 8.07. The molecule has 30 heavy (non-hydrogen) atoms. The van der Waals surface area contributed by atoms with E-state index in [9.17, 15) is 17.6 Å². The molecule has 1 saturated heterocycles. The highest BCUT2D eigenvalue weighted by Crippen LogP contribution is 2.37. The van der Waals surface area contributed by atoms with Gasteiger partial charge in [0.2, 0.25) is 15.9 Å². The monoisotopic (exact) mass is 436 g/mol. The van der Waals surface area contributed by atoms with Crippen molar-refractivity contribution in [2.75, 3.05) is 13.1 Å². The summed E-state index contributed by atoms with van der Waals surface area (Å²) in [7, 11) is -4.00. The summed E-state index contributed by atoms with van der Waals surface area (Å²) >= 11 is 0. The number of carbonyl (C=O) groups excluding carboxylic acids is 1. The molecule has 1 aliphatic heterocycles. The lowest BCUT2D eigenvalue weighted by Gasteiger charge is -2.27. The molecule has 2 aromatic rings. The number of piperidine rings is 1. The van der Waals surface area contributed by atoms with Gasteiger partial charge in [-0.1, -0.05) is 24.4 Å². The molecule has 0 bridgehead atoms. The number of hydrogen-bond acceptors (Lipinski definition) is 6. The van der Waals surface area contributed by atoms with E-state index in [0.717, 1.165) is 44.2 Å². The van der Waals surface area contributed by atoms with E-state index >= 15 is 0 Å². The fraction of sp³-hybridized carbons (Fsp3) is 0.550. The first-order valence-corrected chi connectivity index (χ1v) is 11.7. The Bertz CT molecular complexity index is 1040. The zero-order valence-corrected chi connectivity index (χ0v) is 17.7. The summed E-state index contributed by atoms with van der Waals surface area (Å²) in [5.74, 6) is -0.535. The van der Waals surface area contributed by atoms with Gasteiger partial charge in [0.1, 0.15) is 16.3 Å². The molecule has 10 heteroatoms. The molecular formula is C20H25FN4O4S. The Morgan fingerprint density at radius 2 is 1.87 bits per heavy atom. The van der Waals surface area contributed by atoms with Gasteiger partial charge >= 0.3 is 0 Å². The Morgan fingerprint density at radius 1 is 1.17 bits per heavy atom. The number of halogens is 1. The van der Waals surface area contributed by atoms with Crippen LogP contribution in [0.15, 0.2) is 27.6 Å². The largest absolute Gasteiger partial charge is 0.340 e. The molecule has 1 aromatic heterocycles. The number of nitrogens with one attached hydrogen (secondary N) is 1. The fourth-order valence-electron chi connectivity index (χ4n) is 4.25. The van der Waals surface area contributed by atoms with Gasteiger partial charge in [-0.25, -0.2) is 12.8 Å². The van der Waals surface area contributed by atoms with Crippen molar-refractivity contribution in [3.05, 3.63) is 41.3 Å². The fourth-order valence-corrected chi connectivity index (χ4v) is 5.86. The Balaban J connectivity index is 1.62. The molecule has 2 aliphatic rings. The molecular weight excluding hydrogens is 411 g/mol. The van der Waals surface area contributed by atoms with E-state index in [4.69, 9.17) is 4.52 Å². The van der Waals surface area contributed by atoms with Crippen molar-refractivity contribution >= 4 is 15.9 Å². The smallest absolute Gasteiger partial charge is 0.252 e. The van der Waals surface area contributed by atoms with Crippen LogP contribution in [0.4, 0.5) is 4.39 Å². The van der Waals surface area contributed by atoms with Crippen LogP contribution in [0.3, 0.4) is 0 Å². The van der Waals surface area contributed by atoms with E-state index < -0.39 is 32.2 Å². The summed E-state index contributed by atoms with van der Waals surface area (Å²) in [5, 5.41) is 6.95. The number of nitrogens with zero attached hydrogens (tertiary/aromatic N) is 3. The Kier molecular flexibility index (Phi) is 5.63. The third-order valence-corrected chi connectivity index (χ3v) is 7.81. The van der Waals surface area contributed by atoms with Crippen LogP contribution in [0.5, 0.6) is 0 Å². The van der Waals surface area contributed by atoms with Crippen LogP contribution >= 0.6 is 0 Å². The van der Waals surface area contributed by atoms with E-state index in [0.29, 0.717) is 37.6 Å². The molecule has 162 valence electrons. The highest BCUT2D eigenvalue weighted by atomic mass is 32.2. The van der Waals surface area contributed by atoms with E-state index in [1.807, 2.05) is 0 Å². The summed E-state index contributed by atoms with van der Waals surface area (Å²) in [4.78, 5) is 16.8. The summed E-state index contributed by atoms with van der Waals surface area (Å²) in [6.07, 6.45) is 5.53. The molecule has 2 heterocycles. The second-order valence-electron chi connectivity index (χ2n) is 7.99. The topological polar surface area (TPSA) is 105 Å². The maximum absolute atomic E-state index is 14.5. The van der Waals surface area contributed by atoms with Crippen LogP contribution < -0.4 is 5.32 Å². The van der Waals surface area contributed by atoms with E-state index in [1.165, 1.54) is 10.4 Å². The summed E-state index contributed by atoms with van der Waals surface area (Å²) in [6, 6.07) is 3.45. The highest BCUT2D eigenvalue weighted by molar-refractivity contribution is 7.89. The third-order valence-electron chi connectivity index (χ3n) is 5.89. The van der Waals surface area contributed by atoms with Crippen LogP contribution in [0, 0.1) is 12.7 Å². The van der Waals surface area contributed by atoms with Gasteiger partial charge in [0.05, 0.1) is 0 Å². The molecule has 0 atom stereocenters. The van der Waals surface area contributed by atoms with E-state index in [-0.39, 0.29) is 5.56 Å². The number of rotatable bonds is 5. The van der Waals surface area contributed by atoms with Crippen molar-refractivity contribution in [1.82, 2.24) is 19.8 Å². The van der Waals surface area contributed by atoms with E-state index in [1.54, 1.807) is 6.92 Å². The normalized spacial score (nSPS) is 19.7.